The van der Waals surface area contributed by atoms with Crippen molar-refractivity contribution in [1.29, 1.82) is 0 Å². The fraction of sp³-hybridized carbons (Fsp3) is 0.927. The fourth-order valence-electron chi connectivity index (χ4n) is 9.51. The van der Waals surface area contributed by atoms with E-state index in [9.17, 15) is 15.0 Å². The van der Waals surface area contributed by atoms with E-state index in [4.69, 9.17) is 42.6 Å². The van der Waals surface area contributed by atoms with Crippen LogP contribution in [0.2, 0.25) is 0 Å². The summed E-state index contributed by atoms with van der Waals surface area (Å²) in [4.78, 5) is 16.7. The molecule has 3 saturated heterocycles. The minimum atomic E-state index is -1.07. The molecule has 17 atom stereocenters. The molecule has 0 spiro atoms. The average Bonchev–Trinajstić information content (AvgIpc) is 3.47. The molecule has 0 unspecified atom stereocenters. The molecule has 0 aromatic rings. The molecule has 2 bridgehead atoms. The number of aliphatic hydroxyl groups is 2. The van der Waals surface area contributed by atoms with E-state index in [-0.39, 0.29) is 24.5 Å². The molecule has 0 aromatic heterocycles. The summed E-state index contributed by atoms with van der Waals surface area (Å²) in [7, 11) is 5.44. The molecule has 3 fully saturated rings. The lowest BCUT2D eigenvalue weighted by atomic mass is 9.78. The highest BCUT2D eigenvalue weighted by molar-refractivity contribution is 7.98. The van der Waals surface area contributed by atoms with Gasteiger partial charge in [-0.15, -0.1) is 23.5 Å². The standard InChI is InChI=1S/C41H73NO12S2/c1-16-29-41(10,48-21-56-15)36(47-20-55-14)24(4)32-22(2)18-40(9,54-32)35(53-38-31(43)28(42(11)12)17-23(3)49-38)25(5)33(26(6)37(45)51-29)52-30-19-39(8,46-13)34(44)27(7)50-30/h23-31,33-36,38,43-44H,16-21H2,1-15H3/t23-,24+,25+,26-,27+,28+,29-,30+,31-,33+,34+,35-,36-,38+,39-,40-,41-/m1/s1. The quantitative estimate of drug-likeness (QED) is 0.176. The van der Waals surface area contributed by atoms with Crippen molar-refractivity contribution < 1.29 is 57.6 Å². The Hall–Kier alpha value is -0.690. The van der Waals surface area contributed by atoms with E-state index in [1.807, 2.05) is 73.0 Å². The second kappa shape index (κ2) is 19.8. The number of thioether (sulfide) groups is 2. The minimum absolute atomic E-state index is 0.191. The smallest absolute Gasteiger partial charge is 0.311 e. The lowest BCUT2D eigenvalue weighted by molar-refractivity contribution is -0.316. The van der Waals surface area contributed by atoms with Crippen LogP contribution < -0.4 is 0 Å². The fourth-order valence-corrected chi connectivity index (χ4v) is 10.2. The molecule has 4 aliphatic heterocycles. The summed E-state index contributed by atoms with van der Waals surface area (Å²) in [5.41, 5.74) is -1.99. The number of methoxy groups -OCH3 is 1. The monoisotopic (exact) mass is 835 g/mol. The van der Waals surface area contributed by atoms with Gasteiger partial charge in [-0.05, 0) is 93.5 Å². The number of hydrogen-bond acceptors (Lipinski definition) is 15. The number of aliphatic hydroxyl groups excluding tert-OH is 2. The average molecular weight is 836 g/mol. The number of fused-ring (bicyclic) bond motifs is 2. The van der Waals surface area contributed by atoms with E-state index >= 15 is 0 Å². The molecular weight excluding hydrogens is 763 g/mol. The molecule has 0 radical (unpaired) electrons. The Bertz CT molecular complexity index is 1330. The Morgan fingerprint density at radius 2 is 1.61 bits per heavy atom. The zero-order valence-corrected chi connectivity index (χ0v) is 38.2. The van der Waals surface area contributed by atoms with Crippen LogP contribution in [0.4, 0.5) is 0 Å². The summed E-state index contributed by atoms with van der Waals surface area (Å²) in [6.07, 6.45) is -1.63. The summed E-state index contributed by atoms with van der Waals surface area (Å²) in [6, 6.07) is -0.211. The highest BCUT2D eigenvalue weighted by atomic mass is 32.2. The van der Waals surface area contributed by atoms with Crippen LogP contribution in [0.1, 0.15) is 94.9 Å². The second-order valence-corrected chi connectivity index (χ2v) is 19.0. The van der Waals surface area contributed by atoms with Gasteiger partial charge in [0.25, 0.3) is 0 Å². The number of ether oxygens (including phenoxy) is 9. The van der Waals surface area contributed by atoms with Crippen molar-refractivity contribution in [2.75, 3.05) is 45.6 Å². The van der Waals surface area contributed by atoms with Gasteiger partial charge in [0.2, 0.25) is 0 Å². The number of carbonyl (C=O) groups excluding carboxylic acids is 1. The Labute approximate surface area is 344 Å². The van der Waals surface area contributed by atoms with E-state index in [1.165, 1.54) is 0 Å². The van der Waals surface area contributed by atoms with E-state index < -0.39 is 89.9 Å². The van der Waals surface area contributed by atoms with Gasteiger partial charge < -0.3 is 57.7 Å². The highest BCUT2D eigenvalue weighted by Crippen LogP contribution is 2.48. The first kappa shape index (κ1) is 48.0. The maximum absolute atomic E-state index is 14.7. The number of likely N-dealkylation sites (N-methyl/N-ethyl adjacent to an activating group) is 1. The SMILES string of the molecule is CC[C@H]1OC(=O)[C@H](C)[C@@H](O[C@H]2C[C@@](C)(OC)[C@@H](O)[C@H](C)O2)[C@H](C)[C@@H](O[C@@H]2O[C@H](C)C[C@H](N(C)C)[C@H]2O)[C@@]2(C)CC(C)=C(O2)[C@H](C)[C@@H](OCSC)[C@]1(C)OCSC. The topological polar surface area (TPSA) is 144 Å². The first-order valence-corrected chi connectivity index (χ1v) is 23.0. The minimum Gasteiger partial charge on any atom is -0.489 e. The largest absolute Gasteiger partial charge is 0.489 e. The highest BCUT2D eigenvalue weighted by Gasteiger charge is 2.57. The maximum atomic E-state index is 14.7. The molecule has 0 saturated carbocycles. The van der Waals surface area contributed by atoms with Gasteiger partial charge >= 0.3 is 5.97 Å². The molecule has 56 heavy (non-hydrogen) atoms. The molecule has 15 heteroatoms. The Kier molecular flexibility index (Phi) is 17.0. The van der Waals surface area contributed by atoms with Crippen LogP contribution in [0.5, 0.6) is 0 Å². The Balaban J connectivity index is 1.90. The van der Waals surface area contributed by atoms with Gasteiger partial charge in [0.15, 0.2) is 12.6 Å². The van der Waals surface area contributed by atoms with E-state index in [0.29, 0.717) is 31.1 Å². The van der Waals surface area contributed by atoms with Gasteiger partial charge in [-0.1, -0.05) is 20.8 Å². The third kappa shape index (κ3) is 10.1. The van der Waals surface area contributed by atoms with Crippen molar-refractivity contribution in [3.63, 3.8) is 0 Å². The number of hydrogen-bond donors (Lipinski definition) is 2. The molecule has 0 aliphatic carbocycles. The molecule has 4 rings (SSSR count). The van der Waals surface area contributed by atoms with Crippen LogP contribution in [-0.4, -0.2) is 151 Å². The predicted octanol–water partition coefficient (Wildman–Crippen LogP) is 5.58. The Morgan fingerprint density at radius 1 is 0.946 bits per heavy atom. The summed E-state index contributed by atoms with van der Waals surface area (Å²) in [5.74, 6) is -0.659. The molecular formula is C41H73NO12S2. The van der Waals surface area contributed by atoms with E-state index in [2.05, 4.69) is 13.8 Å². The number of cyclic esters (lactones) is 1. The number of rotatable bonds is 13. The number of carbonyl (C=O) groups is 1. The normalized spacial score (nSPS) is 45.5. The van der Waals surface area contributed by atoms with Crippen LogP contribution in [-0.2, 0) is 47.4 Å². The van der Waals surface area contributed by atoms with Crippen LogP contribution in [0.3, 0.4) is 0 Å². The van der Waals surface area contributed by atoms with Crippen molar-refractivity contribution >= 4 is 29.5 Å². The zero-order valence-electron chi connectivity index (χ0n) is 36.6. The van der Waals surface area contributed by atoms with Crippen molar-refractivity contribution in [1.82, 2.24) is 4.90 Å². The molecule has 4 heterocycles. The van der Waals surface area contributed by atoms with E-state index in [1.54, 1.807) is 44.5 Å². The van der Waals surface area contributed by atoms with Crippen molar-refractivity contribution in [2.45, 2.75) is 179 Å². The number of nitrogens with zero attached hydrogens (tertiary/aromatic N) is 1. The second-order valence-electron chi connectivity index (χ2n) is 17.4. The molecule has 2 N–H and O–H groups in total. The summed E-state index contributed by atoms with van der Waals surface area (Å²) < 4.78 is 59.6. The third-order valence-corrected chi connectivity index (χ3v) is 13.5. The first-order chi connectivity index (χ1) is 26.2. The van der Waals surface area contributed by atoms with Crippen molar-refractivity contribution in [2.24, 2.45) is 17.8 Å². The van der Waals surface area contributed by atoms with Gasteiger partial charge in [0.05, 0.1) is 41.7 Å². The van der Waals surface area contributed by atoms with Crippen molar-refractivity contribution in [3.05, 3.63) is 11.3 Å². The van der Waals surface area contributed by atoms with Crippen LogP contribution in [0, 0.1) is 17.8 Å². The molecule has 0 aromatic carbocycles. The van der Waals surface area contributed by atoms with Crippen molar-refractivity contribution in [3.8, 4) is 0 Å². The lowest BCUT2D eigenvalue weighted by Gasteiger charge is -2.48. The van der Waals surface area contributed by atoms with Crippen LogP contribution >= 0.6 is 23.5 Å². The summed E-state index contributed by atoms with van der Waals surface area (Å²) in [6.45, 7) is 19.5. The molecule has 326 valence electrons. The van der Waals surface area contributed by atoms with Gasteiger partial charge in [0.1, 0.15) is 47.5 Å². The summed E-state index contributed by atoms with van der Waals surface area (Å²) in [5, 5.41) is 22.8. The van der Waals surface area contributed by atoms with Crippen LogP contribution in [0.15, 0.2) is 11.3 Å². The third-order valence-electron chi connectivity index (χ3n) is 12.7. The maximum Gasteiger partial charge on any atom is 0.311 e. The lowest BCUT2D eigenvalue weighted by Crippen LogP contribution is -2.60. The molecule has 13 nitrogen and oxygen atoms in total. The Morgan fingerprint density at radius 3 is 2.20 bits per heavy atom. The summed E-state index contributed by atoms with van der Waals surface area (Å²) >= 11 is 3.10. The van der Waals surface area contributed by atoms with E-state index in [0.717, 1.165) is 11.3 Å². The van der Waals surface area contributed by atoms with Gasteiger partial charge in [0, 0.05) is 37.8 Å². The molecule has 4 aliphatic rings. The first-order valence-electron chi connectivity index (χ1n) is 20.2. The number of esters is 1. The molecule has 0 amide bonds. The van der Waals surface area contributed by atoms with Gasteiger partial charge in [-0.3, -0.25) is 4.79 Å². The predicted molar refractivity (Wildman–Crippen MR) is 218 cm³/mol. The van der Waals surface area contributed by atoms with Gasteiger partial charge in [-0.25, -0.2) is 0 Å². The van der Waals surface area contributed by atoms with Crippen LogP contribution in [0.25, 0.3) is 0 Å². The van der Waals surface area contributed by atoms with Gasteiger partial charge in [-0.2, -0.15) is 0 Å². The zero-order chi connectivity index (χ0) is 41.9.